The van der Waals surface area contributed by atoms with Crippen LogP contribution in [0.15, 0.2) is 18.2 Å². The molecule has 0 saturated carbocycles. The highest BCUT2D eigenvalue weighted by atomic mass is 35.5. The van der Waals surface area contributed by atoms with Crippen LogP contribution in [0.4, 0.5) is 4.39 Å². The number of hydrogen-bond donors (Lipinski definition) is 0. The second kappa shape index (κ2) is 7.76. The van der Waals surface area contributed by atoms with Gasteiger partial charge in [0, 0.05) is 31.5 Å². The lowest BCUT2D eigenvalue weighted by atomic mass is 10.2. The van der Waals surface area contributed by atoms with Crippen molar-refractivity contribution < 1.29 is 9.13 Å². The van der Waals surface area contributed by atoms with E-state index in [1.54, 1.807) is 6.07 Å². The molecule has 5 heteroatoms. The number of benzene rings is 1. The molecule has 0 aliphatic carbocycles. The summed E-state index contributed by atoms with van der Waals surface area (Å²) in [4.78, 5) is 4.50. The molecule has 0 bridgehead atoms. The maximum atomic E-state index is 13.3. The fraction of sp³-hybridized carbons (Fsp3) is 0.562. The molecule has 0 N–H and O–H groups in total. The molecule has 3 nitrogen and oxygen atoms in total. The van der Waals surface area contributed by atoms with Crippen molar-refractivity contribution in [2.45, 2.75) is 45.8 Å². The number of halogens is 2. The molecule has 1 aromatic heterocycles. The summed E-state index contributed by atoms with van der Waals surface area (Å²) in [6, 6.07) is 4.75. The third-order valence-electron chi connectivity index (χ3n) is 3.33. The molecule has 0 amide bonds. The van der Waals surface area contributed by atoms with Crippen LogP contribution in [0.1, 0.15) is 32.5 Å². The number of fused-ring (bicyclic) bond motifs is 1. The van der Waals surface area contributed by atoms with Crippen LogP contribution in [-0.2, 0) is 17.7 Å². The van der Waals surface area contributed by atoms with Gasteiger partial charge < -0.3 is 9.30 Å². The monoisotopic (exact) mass is 312 g/mol. The van der Waals surface area contributed by atoms with E-state index >= 15 is 0 Å². The van der Waals surface area contributed by atoms with Crippen LogP contribution < -0.4 is 0 Å². The Morgan fingerprint density at radius 2 is 2.14 bits per heavy atom. The van der Waals surface area contributed by atoms with Gasteiger partial charge in [0.1, 0.15) is 11.6 Å². The van der Waals surface area contributed by atoms with Crippen molar-refractivity contribution in [3.63, 3.8) is 0 Å². The first-order valence-electron chi connectivity index (χ1n) is 7.44. The molecule has 0 fully saturated rings. The molecule has 2 rings (SSSR count). The zero-order valence-corrected chi connectivity index (χ0v) is 13.4. The molecule has 0 radical (unpaired) electrons. The van der Waals surface area contributed by atoms with E-state index in [0.717, 1.165) is 37.3 Å². The van der Waals surface area contributed by atoms with E-state index in [2.05, 4.69) is 9.55 Å². The van der Waals surface area contributed by atoms with Gasteiger partial charge in [-0.05, 0) is 38.8 Å². The van der Waals surface area contributed by atoms with Gasteiger partial charge in [-0.1, -0.05) is 0 Å². The van der Waals surface area contributed by atoms with Crippen LogP contribution in [0.25, 0.3) is 11.0 Å². The van der Waals surface area contributed by atoms with Crippen molar-refractivity contribution >= 4 is 22.6 Å². The summed E-state index contributed by atoms with van der Waals surface area (Å²) >= 11 is 5.84. The van der Waals surface area contributed by atoms with Gasteiger partial charge in [0.05, 0.1) is 17.1 Å². The molecule has 0 aliphatic rings. The number of imidazole rings is 1. The topological polar surface area (TPSA) is 27.1 Å². The predicted molar refractivity (Wildman–Crippen MR) is 84.4 cm³/mol. The summed E-state index contributed by atoms with van der Waals surface area (Å²) in [6.07, 6.45) is 2.97. The van der Waals surface area contributed by atoms with Crippen LogP contribution in [-0.4, -0.2) is 28.1 Å². The Morgan fingerprint density at radius 1 is 1.33 bits per heavy atom. The Labute approximate surface area is 130 Å². The molecule has 2 aromatic rings. The minimum Gasteiger partial charge on any atom is -0.379 e. The standard InChI is InChI=1S/C16H22ClFN2O/c1-12(2)21-10-4-3-9-20-15-6-5-13(18)11-14(15)19-16(20)7-8-17/h5-6,11-12H,3-4,7-10H2,1-2H3. The zero-order valence-electron chi connectivity index (χ0n) is 12.6. The van der Waals surface area contributed by atoms with Gasteiger partial charge in [-0.2, -0.15) is 0 Å². The fourth-order valence-electron chi connectivity index (χ4n) is 2.37. The predicted octanol–water partition coefficient (Wildman–Crippen LogP) is 4.16. The van der Waals surface area contributed by atoms with Crippen LogP contribution in [0.5, 0.6) is 0 Å². The number of rotatable bonds is 8. The third kappa shape index (κ3) is 4.42. The third-order valence-corrected chi connectivity index (χ3v) is 3.52. The van der Waals surface area contributed by atoms with Gasteiger partial charge in [0.15, 0.2) is 0 Å². The lowest BCUT2D eigenvalue weighted by Crippen LogP contribution is -2.08. The molecule has 0 saturated heterocycles. The Bertz CT molecular complexity index is 583. The van der Waals surface area contributed by atoms with E-state index in [9.17, 15) is 4.39 Å². The molecular weight excluding hydrogens is 291 g/mol. The summed E-state index contributed by atoms with van der Waals surface area (Å²) in [5, 5.41) is 0. The summed E-state index contributed by atoms with van der Waals surface area (Å²) in [5.74, 6) is 1.19. The van der Waals surface area contributed by atoms with Crippen molar-refractivity contribution in [3.05, 3.63) is 29.8 Å². The molecule has 21 heavy (non-hydrogen) atoms. The van der Waals surface area contributed by atoms with Gasteiger partial charge in [-0.3, -0.25) is 0 Å². The maximum Gasteiger partial charge on any atom is 0.125 e. The van der Waals surface area contributed by atoms with Crippen LogP contribution in [0.3, 0.4) is 0 Å². The molecule has 1 aromatic carbocycles. The van der Waals surface area contributed by atoms with Crippen molar-refractivity contribution in [1.82, 2.24) is 9.55 Å². The first-order chi connectivity index (χ1) is 10.1. The number of ether oxygens (including phenoxy) is 1. The summed E-state index contributed by atoms with van der Waals surface area (Å²) in [7, 11) is 0. The number of nitrogens with zero attached hydrogens (tertiary/aromatic N) is 2. The molecule has 0 spiro atoms. The maximum absolute atomic E-state index is 13.3. The quantitative estimate of drug-likeness (QED) is 0.540. The van der Waals surface area contributed by atoms with Gasteiger partial charge in [0.25, 0.3) is 0 Å². The molecule has 116 valence electrons. The van der Waals surface area contributed by atoms with E-state index in [4.69, 9.17) is 16.3 Å². The summed E-state index contributed by atoms with van der Waals surface area (Å²) in [6.45, 7) is 5.70. The number of hydrogen-bond acceptors (Lipinski definition) is 2. The SMILES string of the molecule is CC(C)OCCCCn1c(CCCl)nc2cc(F)ccc21. The largest absolute Gasteiger partial charge is 0.379 e. The van der Waals surface area contributed by atoms with E-state index in [-0.39, 0.29) is 11.9 Å². The number of alkyl halides is 1. The van der Waals surface area contributed by atoms with Crippen LogP contribution in [0.2, 0.25) is 0 Å². The molecular formula is C16H22ClFN2O. The minimum atomic E-state index is -0.255. The van der Waals surface area contributed by atoms with Gasteiger partial charge >= 0.3 is 0 Å². The lowest BCUT2D eigenvalue weighted by molar-refractivity contribution is 0.0754. The first-order valence-corrected chi connectivity index (χ1v) is 7.97. The number of aromatic nitrogens is 2. The van der Waals surface area contributed by atoms with Gasteiger partial charge in [-0.25, -0.2) is 9.37 Å². The first kappa shape index (κ1) is 16.2. The average Bonchev–Trinajstić information content (AvgIpc) is 2.75. The number of aryl methyl sites for hydroxylation is 2. The highest BCUT2D eigenvalue weighted by Gasteiger charge is 2.10. The molecule has 0 unspecified atom stereocenters. The van der Waals surface area contributed by atoms with E-state index in [0.29, 0.717) is 17.8 Å². The van der Waals surface area contributed by atoms with Gasteiger partial charge in [-0.15, -0.1) is 11.6 Å². The van der Waals surface area contributed by atoms with Crippen LogP contribution in [0, 0.1) is 5.82 Å². The Balaban J connectivity index is 2.07. The second-order valence-electron chi connectivity index (χ2n) is 5.38. The summed E-state index contributed by atoms with van der Waals surface area (Å²) < 4.78 is 21.0. The number of unbranched alkanes of at least 4 members (excludes halogenated alkanes) is 1. The Morgan fingerprint density at radius 3 is 2.86 bits per heavy atom. The second-order valence-corrected chi connectivity index (χ2v) is 5.76. The summed E-state index contributed by atoms with van der Waals surface area (Å²) in [5.41, 5.74) is 1.68. The van der Waals surface area contributed by atoms with Crippen molar-refractivity contribution in [2.75, 3.05) is 12.5 Å². The highest BCUT2D eigenvalue weighted by Crippen LogP contribution is 2.19. The zero-order chi connectivity index (χ0) is 15.2. The van der Waals surface area contributed by atoms with Gasteiger partial charge in [0.2, 0.25) is 0 Å². The fourth-order valence-corrected chi connectivity index (χ4v) is 2.54. The van der Waals surface area contributed by atoms with Crippen LogP contribution >= 0.6 is 11.6 Å². The van der Waals surface area contributed by atoms with Crippen molar-refractivity contribution in [2.24, 2.45) is 0 Å². The van der Waals surface area contributed by atoms with E-state index in [1.807, 2.05) is 13.8 Å². The normalized spacial score (nSPS) is 11.7. The lowest BCUT2D eigenvalue weighted by Gasteiger charge is -2.10. The Kier molecular flexibility index (Phi) is 6.00. The average molecular weight is 313 g/mol. The van der Waals surface area contributed by atoms with E-state index in [1.165, 1.54) is 12.1 Å². The molecule has 0 atom stereocenters. The minimum absolute atomic E-state index is 0.255. The molecule has 1 heterocycles. The smallest absolute Gasteiger partial charge is 0.125 e. The molecule has 0 aliphatic heterocycles. The van der Waals surface area contributed by atoms with Crippen molar-refractivity contribution in [3.8, 4) is 0 Å². The van der Waals surface area contributed by atoms with Crippen molar-refractivity contribution in [1.29, 1.82) is 0 Å². The van der Waals surface area contributed by atoms with E-state index < -0.39 is 0 Å². The Hall–Kier alpha value is -1.13. The highest BCUT2D eigenvalue weighted by molar-refractivity contribution is 6.17.